The molecule has 1 aliphatic heterocycles. The first-order valence-corrected chi connectivity index (χ1v) is 7.04. The van der Waals surface area contributed by atoms with Crippen LogP contribution in [0, 0.1) is 0 Å². The van der Waals surface area contributed by atoms with Gasteiger partial charge in [-0.15, -0.1) is 11.3 Å². The lowest BCUT2D eigenvalue weighted by atomic mass is 10.1. The van der Waals surface area contributed by atoms with Crippen LogP contribution < -0.4 is 0 Å². The van der Waals surface area contributed by atoms with Crippen LogP contribution in [0.25, 0.3) is 0 Å². The molecule has 1 nitrogen and oxygen atoms in total. The molecule has 2 aromatic rings. The van der Waals surface area contributed by atoms with Crippen molar-refractivity contribution in [2.75, 3.05) is 6.54 Å². The fraction of sp³-hybridized carbons (Fsp3) is 0.286. The van der Waals surface area contributed by atoms with Crippen LogP contribution >= 0.6 is 22.9 Å². The average molecular weight is 264 g/mol. The molecular weight excluding hydrogens is 250 g/mol. The topological polar surface area (TPSA) is 3.24 Å². The summed E-state index contributed by atoms with van der Waals surface area (Å²) < 4.78 is 0.927. The van der Waals surface area contributed by atoms with E-state index < -0.39 is 0 Å². The largest absolute Gasteiger partial charge is 0.294 e. The molecule has 0 unspecified atom stereocenters. The van der Waals surface area contributed by atoms with Crippen LogP contribution in [0.15, 0.2) is 36.4 Å². The highest BCUT2D eigenvalue weighted by Crippen LogP contribution is 2.31. The van der Waals surface area contributed by atoms with Gasteiger partial charge >= 0.3 is 0 Å². The molecule has 17 heavy (non-hydrogen) atoms. The van der Waals surface area contributed by atoms with Crippen LogP contribution in [0.4, 0.5) is 0 Å². The minimum absolute atomic E-state index is 0.927. The van der Waals surface area contributed by atoms with E-state index in [1.165, 1.54) is 16.0 Å². The molecule has 1 aliphatic rings. The average Bonchev–Trinajstić information content (AvgIpc) is 2.70. The van der Waals surface area contributed by atoms with Crippen molar-refractivity contribution in [2.24, 2.45) is 0 Å². The Morgan fingerprint density at radius 2 is 2.06 bits per heavy atom. The maximum Gasteiger partial charge on any atom is 0.0934 e. The molecule has 88 valence electrons. The van der Waals surface area contributed by atoms with E-state index in [0.717, 1.165) is 30.4 Å². The summed E-state index contributed by atoms with van der Waals surface area (Å²) in [5, 5.41) is 0. The summed E-state index contributed by atoms with van der Waals surface area (Å²) in [7, 11) is 0. The van der Waals surface area contributed by atoms with Crippen molar-refractivity contribution in [3.8, 4) is 0 Å². The van der Waals surface area contributed by atoms with Gasteiger partial charge in [-0.25, -0.2) is 0 Å². The summed E-state index contributed by atoms with van der Waals surface area (Å²) in [6.45, 7) is 3.21. The van der Waals surface area contributed by atoms with Gasteiger partial charge < -0.3 is 0 Å². The Morgan fingerprint density at radius 3 is 2.88 bits per heavy atom. The molecule has 0 saturated heterocycles. The van der Waals surface area contributed by atoms with Crippen molar-refractivity contribution >= 4 is 22.9 Å². The molecule has 1 aromatic carbocycles. The molecule has 0 fully saturated rings. The summed E-state index contributed by atoms with van der Waals surface area (Å²) in [5.41, 5.74) is 2.81. The van der Waals surface area contributed by atoms with Crippen LogP contribution in [0.3, 0.4) is 0 Å². The minimum Gasteiger partial charge on any atom is -0.294 e. The van der Waals surface area contributed by atoms with Gasteiger partial charge in [-0.1, -0.05) is 41.9 Å². The number of fused-ring (bicyclic) bond motifs is 1. The van der Waals surface area contributed by atoms with Crippen molar-refractivity contribution in [2.45, 2.75) is 19.5 Å². The zero-order valence-corrected chi connectivity index (χ0v) is 11.1. The predicted octanol–water partition coefficient (Wildman–Crippen LogP) is 3.96. The van der Waals surface area contributed by atoms with Gasteiger partial charge in [0.15, 0.2) is 0 Å². The van der Waals surface area contributed by atoms with Gasteiger partial charge in [0.05, 0.1) is 4.34 Å². The summed E-state index contributed by atoms with van der Waals surface area (Å²) in [4.78, 5) is 3.96. The van der Waals surface area contributed by atoms with E-state index in [1.54, 1.807) is 11.3 Å². The third-order valence-corrected chi connectivity index (χ3v) is 4.53. The molecule has 2 heterocycles. The number of thiophene rings is 1. The first-order chi connectivity index (χ1) is 8.31. The molecule has 0 radical (unpaired) electrons. The molecule has 0 N–H and O–H groups in total. The Kier molecular flexibility index (Phi) is 3.19. The Labute approximate surface area is 111 Å². The Hall–Kier alpha value is -0.830. The van der Waals surface area contributed by atoms with Gasteiger partial charge in [0.1, 0.15) is 0 Å². The molecule has 0 aliphatic carbocycles. The highest BCUT2D eigenvalue weighted by molar-refractivity contribution is 7.16. The van der Waals surface area contributed by atoms with Gasteiger partial charge in [-0.2, -0.15) is 0 Å². The molecule has 0 bridgehead atoms. The molecule has 3 heteroatoms. The second-order valence-corrected chi connectivity index (χ2v) is 6.21. The van der Waals surface area contributed by atoms with Crippen molar-refractivity contribution in [1.82, 2.24) is 4.90 Å². The maximum atomic E-state index is 6.06. The first kappa shape index (κ1) is 11.3. The van der Waals surface area contributed by atoms with Gasteiger partial charge in [-0.05, 0) is 23.6 Å². The van der Waals surface area contributed by atoms with E-state index in [2.05, 4.69) is 41.3 Å². The fourth-order valence-corrected chi connectivity index (χ4v) is 3.63. The van der Waals surface area contributed by atoms with Crippen molar-refractivity contribution in [3.63, 3.8) is 0 Å². The fourth-order valence-electron chi connectivity index (χ4n) is 2.33. The molecule has 0 spiro atoms. The van der Waals surface area contributed by atoms with Gasteiger partial charge in [0.2, 0.25) is 0 Å². The Balaban J connectivity index is 1.72. The van der Waals surface area contributed by atoms with Crippen molar-refractivity contribution < 1.29 is 0 Å². The number of nitrogens with zero attached hydrogens (tertiary/aromatic N) is 1. The number of hydrogen-bond acceptors (Lipinski definition) is 2. The van der Waals surface area contributed by atoms with Crippen LogP contribution in [0.1, 0.15) is 16.0 Å². The van der Waals surface area contributed by atoms with Crippen LogP contribution in [-0.2, 0) is 19.5 Å². The van der Waals surface area contributed by atoms with Crippen LogP contribution in [0.2, 0.25) is 4.34 Å². The lowest BCUT2D eigenvalue weighted by Crippen LogP contribution is -2.29. The zero-order valence-electron chi connectivity index (χ0n) is 9.53. The Morgan fingerprint density at radius 1 is 1.24 bits per heavy atom. The minimum atomic E-state index is 0.927. The highest BCUT2D eigenvalue weighted by Gasteiger charge is 2.18. The van der Waals surface area contributed by atoms with Gasteiger partial charge in [-0.3, -0.25) is 4.90 Å². The molecular formula is C14H14ClNS. The summed E-state index contributed by atoms with van der Waals surface area (Å²) >= 11 is 7.80. The van der Waals surface area contributed by atoms with E-state index in [0.29, 0.717) is 0 Å². The third kappa shape index (κ3) is 2.54. The smallest absolute Gasteiger partial charge is 0.0934 e. The van der Waals surface area contributed by atoms with Crippen LogP contribution in [-0.4, -0.2) is 11.4 Å². The lowest BCUT2D eigenvalue weighted by molar-refractivity contribution is 0.247. The molecule has 1 aromatic heterocycles. The molecule has 0 atom stereocenters. The first-order valence-electron chi connectivity index (χ1n) is 5.84. The highest BCUT2D eigenvalue weighted by atomic mass is 35.5. The van der Waals surface area contributed by atoms with Crippen molar-refractivity contribution in [1.29, 1.82) is 0 Å². The van der Waals surface area contributed by atoms with Gasteiger partial charge in [0, 0.05) is 24.5 Å². The number of rotatable bonds is 2. The standard InChI is InChI=1S/C14H14ClNS/c15-14-8-12-10-16(7-6-13(12)17-14)9-11-4-2-1-3-5-11/h1-5,8H,6-7,9-10H2. The monoisotopic (exact) mass is 263 g/mol. The number of halogens is 1. The van der Waals surface area contributed by atoms with E-state index in [9.17, 15) is 0 Å². The van der Waals surface area contributed by atoms with E-state index in [-0.39, 0.29) is 0 Å². The normalized spacial score (nSPS) is 15.8. The molecule has 0 amide bonds. The second-order valence-electron chi connectivity index (χ2n) is 4.45. The molecule has 3 rings (SSSR count). The predicted molar refractivity (Wildman–Crippen MR) is 73.6 cm³/mol. The van der Waals surface area contributed by atoms with E-state index >= 15 is 0 Å². The second kappa shape index (κ2) is 4.81. The third-order valence-electron chi connectivity index (χ3n) is 3.16. The zero-order chi connectivity index (χ0) is 11.7. The quantitative estimate of drug-likeness (QED) is 0.793. The Bertz CT molecular complexity index is 506. The SMILES string of the molecule is Clc1cc2c(s1)CCN(Cc1ccccc1)C2. The maximum absolute atomic E-state index is 6.06. The van der Waals surface area contributed by atoms with E-state index in [1.807, 2.05) is 0 Å². The molecule has 0 saturated carbocycles. The lowest BCUT2D eigenvalue weighted by Gasteiger charge is -2.26. The van der Waals surface area contributed by atoms with Gasteiger partial charge in [0.25, 0.3) is 0 Å². The summed E-state index contributed by atoms with van der Waals surface area (Å²) in [6, 6.07) is 12.8. The van der Waals surface area contributed by atoms with Crippen molar-refractivity contribution in [3.05, 3.63) is 56.7 Å². The summed E-state index contributed by atoms with van der Waals surface area (Å²) in [5.74, 6) is 0. The number of hydrogen-bond donors (Lipinski definition) is 0. The summed E-state index contributed by atoms with van der Waals surface area (Å²) in [6.07, 6.45) is 1.14. The van der Waals surface area contributed by atoms with Crippen LogP contribution in [0.5, 0.6) is 0 Å². The number of benzene rings is 1. The van der Waals surface area contributed by atoms with E-state index in [4.69, 9.17) is 11.6 Å².